The molecule has 0 spiro atoms. The molecule has 1 saturated heterocycles. The smallest absolute Gasteiger partial charge is 0.293 e. The van der Waals surface area contributed by atoms with Crippen LogP contribution >= 0.6 is 27.7 Å². The van der Waals surface area contributed by atoms with Crippen LogP contribution in [0.3, 0.4) is 0 Å². The van der Waals surface area contributed by atoms with E-state index in [2.05, 4.69) is 15.9 Å². The van der Waals surface area contributed by atoms with Crippen molar-refractivity contribution in [3.63, 3.8) is 0 Å². The van der Waals surface area contributed by atoms with Crippen molar-refractivity contribution in [3.05, 3.63) is 27.1 Å². The molecule has 5 nitrogen and oxygen atoms in total. The van der Waals surface area contributed by atoms with Gasteiger partial charge in [0.25, 0.3) is 11.1 Å². The van der Waals surface area contributed by atoms with Gasteiger partial charge in [0.15, 0.2) is 11.5 Å². The normalized spacial score (nSPS) is 16.3. The molecule has 0 N–H and O–H groups in total. The lowest BCUT2D eigenvalue weighted by Gasteiger charge is -2.13. The number of carbonyl (C=O) groups is 2. The average molecular weight is 400 g/mol. The van der Waals surface area contributed by atoms with Crippen LogP contribution in [0.5, 0.6) is 11.5 Å². The van der Waals surface area contributed by atoms with Crippen LogP contribution < -0.4 is 9.47 Å². The molecule has 1 fully saturated rings. The van der Waals surface area contributed by atoms with Crippen molar-refractivity contribution in [1.29, 1.82) is 0 Å². The number of nitrogens with zero attached hydrogens (tertiary/aromatic N) is 1. The molecule has 1 aliphatic heterocycles. The van der Waals surface area contributed by atoms with E-state index in [1.54, 1.807) is 19.1 Å². The van der Waals surface area contributed by atoms with Crippen LogP contribution in [-0.4, -0.2) is 35.8 Å². The molecule has 1 aromatic carbocycles. The standard InChI is InChI=1S/C16H18BrNO4S/c1-4-18-15(19)13(23-16(18)20)9-10-7-11(17)14(22-6-3)12(8-10)21-5-2/h7-9H,4-6H2,1-3H3. The largest absolute Gasteiger partial charge is 0.490 e. The summed E-state index contributed by atoms with van der Waals surface area (Å²) >= 11 is 4.42. The fourth-order valence-electron chi connectivity index (χ4n) is 2.14. The minimum atomic E-state index is -0.259. The van der Waals surface area contributed by atoms with Gasteiger partial charge >= 0.3 is 0 Å². The Hall–Kier alpha value is -1.47. The first kappa shape index (κ1) is 17.9. The van der Waals surface area contributed by atoms with Crippen LogP contribution in [0.15, 0.2) is 21.5 Å². The Balaban J connectivity index is 2.39. The molecule has 0 aromatic heterocycles. The van der Waals surface area contributed by atoms with E-state index >= 15 is 0 Å². The van der Waals surface area contributed by atoms with Crippen molar-refractivity contribution in [2.45, 2.75) is 20.8 Å². The number of imide groups is 1. The molecule has 0 atom stereocenters. The summed E-state index contributed by atoms with van der Waals surface area (Å²) in [5, 5.41) is -0.237. The number of thioether (sulfide) groups is 1. The van der Waals surface area contributed by atoms with Crippen molar-refractivity contribution in [2.24, 2.45) is 0 Å². The van der Waals surface area contributed by atoms with Gasteiger partial charge in [0, 0.05) is 6.54 Å². The van der Waals surface area contributed by atoms with E-state index in [9.17, 15) is 9.59 Å². The van der Waals surface area contributed by atoms with Gasteiger partial charge in [0.05, 0.1) is 22.6 Å². The topological polar surface area (TPSA) is 55.8 Å². The summed E-state index contributed by atoms with van der Waals surface area (Å²) in [6.45, 7) is 6.97. The molecule has 1 aliphatic rings. The third-order valence-electron chi connectivity index (χ3n) is 3.11. The fourth-order valence-corrected chi connectivity index (χ4v) is 3.62. The first-order valence-corrected chi connectivity index (χ1v) is 8.97. The molecular formula is C16H18BrNO4S. The number of benzene rings is 1. The first-order chi connectivity index (χ1) is 11.0. The van der Waals surface area contributed by atoms with E-state index in [0.29, 0.717) is 36.2 Å². The van der Waals surface area contributed by atoms with Crippen molar-refractivity contribution >= 4 is 44.9 Å². The Morgan fingerprint density at radius 3 is 2.43 bits per heavy atom. The average Bonchev–Trinajstić information content (AvgIpc) is 2.77. The predicted molar refractivity (Wildman–Crippen MR) is 94.8 cm³/mol. The molecular weight excluding hydrogens is 382 g/mol. The third kappa shape index (κ3) is 3.90. The summed E-state index contributed by atoms with van der Waals surface area (Å²) in [5.41, 5.74) is 0.769. The van der Waals surface area contributed by atoms with E-state index in [1.807, 2.05) is 19.9 Å². The van der Waals surface area contributed by atoms with Gasteiger partial charge in [-0.05, 0) is 72.2 Å². The molecule has 7 heteroatoms. The van der Waals surface area contributed by atoms with Crippen LogP contribution in [0.4, 0.5) is 4.79 Å². The quantitative estimate of drug-likeness (QED) is 0.667. The van der Waals surface area contributed by atoms with Crippen molar-refractivity contribution in [1.82, 2.24) is 4.90 Å². The zero-order chi connectivity index (χ0) is 17.0. The number of likely N-dealkylation sites (N-methyl/N-ethyl adjacent to an activating group) is 1. The lowest BCUT2D eigenvalue weighted by atomic mass is 10.2. The van der Waals surface area contributed by atoms with Gasteiger partial charge in [-0.25, -0.2) is 0 Å². The zero-order valence-corrected chi connectivity index (χ0v) is 15.6. The van der Waals surface area contributed by atoms with Gasteiger partial charge < -0.3 is 9.47 Å². The summed E-state index contributed by atoms with van der Waals surface area (Å²) in [4.78, 5) is 25.6. The van der Waals surface area contributed by atoms with Crippen LogP contribution in [0, 0.1) is 0 Å². The summed E-state index contributed by atoms with van der Waals surface area (Å²) in [6, 6.07) is 3.65. The molecule has 2 rings (SSSR count). The molecule has 124 valence electrons. The Labute approximate surface area is 148 Å². The molecule has 0 unspecified atom stereocenters. The predicted octanol–water partition coefficient (Wildman–Crippen LogP) is 4.30. The zero-order valence-electron chi connectivity index (χ0n) is 13.2. The Morgan fingerprint density at radius 1 is 1.17 bits per heavy atom. The number of halogens is 1. The molecule has 1 heterocycles. The maximum atomic E-state index is 12.2. The molecule has 23 heavy (non-hydrogen) atoms. The van der Waals surface area contributed by atoms with Gasteiger partial charge in [-0.1, -0.05) is 0 Å². The third-order valence-corrected chi connectivity index (χ3v) is 4.60. The fraction of sp³-hybridized carbons (Fsp3) is 0.375. The lowest BCUT2D eigenvalue weighted by molar-refractivity contribution is -0.122. The van der Waals surface area contributed by atoms with Crippen molar-refractivity contribution in [2.75, 3.05) is 19.8 Å². The maximum Gasteiger partial charge on any atom is 0.293 e. The van der Waals surface area contributed by atoms with E-state index in [4.69, 9.17) is 9.47 Å². The lowest BCUT2D eigenvalue weighted by Crippen LogP contribution is -2.27. The Kier molecular flexibility index (Phi) is 6.12. The highest BCUT2D eigenvalue weighted by Gasteiger charge is 2.33. The number of ether oxygens (including phenoxy) is 2. The highest BCUT2D eigenvalue weighted by molar-refractivity contribution is 9.10. The number of hydrogen-bond acceptors (Lipinski definition) is 5. The van der Waals surface area contributed by atoms with Gasteiger partial charge in [0.2, 0.25) is 0 Å². The highest BCUT2D eigenvalue weighted by Crippen LogP contribution is 2.39. The minimum absolute atomic E-state index is 0.237. The maximum absolute atomic E-state index is 12.2. The second kappa shape index (κ2) is 7.88. The van der Waals surface area contributed by atoms with E-state index in [0.717, 1.165) is 21.8 Å². The van der Waals surface area contributed by atoms with Crippen LogP contribution in [0.1, 0.15) is 26.3 Å². The molecule has 1 aromatic rings. The summed E-state index contributed by atoms with van der Waals surface area (Å²) in [6.07, 6.45) is 1.70. The second-order valence-electron chi connectivity index (χ2n) is 4.62. The number of hydrogen-bond donors (Lipinski definition) is 0. The van der Waals surface area contributed by atoms with Gasteiger partial charge in [-0.2, -0.15) is 0 Å². The van der Waals surface area contributed by atoms with Gasteiger partial charge in [-0.3, -0.25) is 14.5 Å². The van der Waals surface area contributed by atoms with Crippen molar-refractivity contribution < 1.29 is 19.1 Å². The molecule has 0 saturated carbocycles. The summed E-state index contributed by atoms with van der Waals surface area (Å²) in [5.74, 6) is 0.975. The number of rotatable bonds is 6. The van der Waals surface area contributed by atoms with Gasteiger partial charge in [0.1, 0.15) is 0 Å². The van der Waals surface area contributed by atoms with Crippen LogP contribution in [0.2, 0.25) is 0 Å². The van der Waals surface area contributed by atoms with Crippen LogP contribution in [0.25, 0.3) is 6.08 Å². The number of amides is 2. The summed E-state index contributed by atoms with van der Waals surface area (Å²) < 4.78 is 11.9. The monoisotopic (exact) mass is 399 g/mol. The van der Waals surface area contributed by atoms with Crippen LogP contribution in [-0.2, 0) is 4.79 Å². The molecule has 0 bridgehead atoms. The highest BCUT2D eigenvalue weighted by atomic mass is 79.9. The van der Waals surface area contributed by atoms with E-state index in [-0.39, 0.29) is 11.1 Å². The minimum Gasteiger partial charge on any atom is -0.490 e. The first-order valence-electron chi connectivity index (χ1n) is 7.36. The van der Waals surface area contributed by atoms with Gasteiger partial charge in [-0.15, -0.1) is 0 Å². The summed E-state index contributed by atoms with van der Waals surface area (Å²) in [7, 11) is 0. The van der Waals surface area contributed by atoms with E-state index < -0.39 is 0 Å². The second-order valence-corrected chi connectivity index (χ2v) is 6.47. The van der Waals surface area contributed by atoms with E-state index in [1.165, 1.54) is 4.90 Å². The molecule has 0 aliphatic carbocycles. The molecule has 0 radical (unpaired) electrons. The number of carbonyl (C=O) groups excluding carboxylic acids is 2. The Morgan fingerprint density at radius 2 is 1.87 bits per heavy atom. The molecule has 2 amide bonds. The SMILES string of the molecule is CCOc1cc(C=C2SC(=O)N(CC)C2=O)cc(Br)c1OCC. The van der Waals surface area contributed by atoms with Crippen molar-refractivity contribution in [3.8, 4) is 11.5 Å². The Bertz CT molecular complexity index is 660.